The molecular formula is C21H28N2O3. The van der Waals surface area contributed by atoms with Gasteiger partial charge in [0.1, 0.15) is 6.10 Å². The van der Waals surface area contributed by atoms with Gasteiger partial charge in [-0.25, -0.2) is 0 Å². The lowest BCUT2D eigenvalue weighted by molar-refractivity contribution is -0.149. The maximum atomic E-state index is 12.8. The van der Waals surface area contributed by atoms with Gasteiger partial charge in [-0.15, -0.1) is 0 Å². The molecular weight excluding hydrogens is 328 g/mol. The number of carbonyl (C=O) groups excluding carboxylic acids is 2. The summed E-state index contributed by atoms with van der Waals surface area (Å²) in [5.74, 6) is 0.947. The van der Waals surface area contributed by atoms with E-state index >= 15 is 0 Å². The van der Waals surface area contributed by atoms with Crippen LogP contribution in [0.25, 0.3) is 0 Å². The van der Waals surface area contributed by atoms with Crippen molar-refractivity contribution in [3.8, 4) is 0 Å². The Bertz CT molecular complexity index is 644. The summed E-state index contributed by atoms with van der Waals surface area (Å²) < 4.78 is 6.33. The number of hydrogen-bond acceptors (Lipinski definition) is 3. The second-order valence-electron chi connectivity index (χ2n) is 7.80. The lowest BCUT2D eigenvalue weighted by Gasteiger charge is -2.39. The van der Waals surface area contributed by atoms with Crippen LogP contribution in [-0.4, -0.2) is 53.9 Å². The fraction of sp³-hybridized carbons (Fsp3) is 0.619. The van der Waals surface area contributed by atoms with Crippen molar-refractivity contribution in [1.29, 1.82) is 0 Å². The molecule has 2 heterocycles. The van der Waals surface area contributed by atoms with Gasteiger partial charge < -0.3 is 14.5 Å². The normalized spacial score (nSPS) is 26.8. The van der Waals surface area contributed by atoms with Crippen LogP contribution in [0.1, 0.15) is 50.2 Å². The smallest absolute Gasteiger partial charge is 0.224 e. The summed E-state index contributed by atoms with van der Waals surface area (Å²) in [5.41, 5.74) is 1.14. The molecule has 1 aromatic rings. The number of morpholine rings is 1. The summed E-state index contributed by atoms with van der Waals surface area (Å²) in [5, 5.41) is 0. The number of piperidine rings is 1. The molecule has 5 heteroatoms. The van der Waals surface area contributed by atoms with Crippen molar-refractivity contribution in [2.45, 2.75) is 50.7 Å². The first-order valence-electron chi connectivity index (χ1n) is 9.96. The van der Waals surface area contributed by atoms with Crippen LogP contribution in [0.5, 0.6) is 0 Å². The second-order valence-corrected chi connectivity index (χ2v) is 7.80. The van der Waals surface area contributed by atoms with Crippen molar-refractivity contribution in [2.24, 2.45) is 5.92 Å². The van der Waals surface area contributed by atoms with E-state index in [2.05, 4.69) is 12.1 Å². The van der Waals surface area contributed by atoms with Gasteiger partial charge in [-0.3, -0.25) is 9.59 Å². The van der Waals surface area contributed by atoms with Gasteiger partial charge in [-0.2, -0.15) is 0 Å². The maximum Gasteiger partial charge on any atom is 0.224 e. The molecule has 3 aliphatic rings. The Labute approximate surface area is 155 Å². The Kier molecular flexibility index (Phi) is 5.25. The zero-order valence-electron chi connectivity index (χ0n) is 15.3. The molecule has 3 fully saturated rings. The molecule has 0 radical (unpaired) electrons. The number of benzene rings is 1. The van der Waals surface area contributed by atoms with E-state index in [4.69, 9.17) is 4.74 Å². The zero-order valence-corrected chi connectivity index (χ0v) is 15.3. The molecule has 0 N–H and O–H groups in total. The molecule has 0 spiro atoms. The molecule has 26 heavy (non-hydrogen) atoms. The summed E-state index contributed by atoms with van der Waals surface area (Å²) in [6.45, 7) is 2.66. The molecule has 2 saturated heterocycles. The van der Waals surface area contributed by atoms with Gasteiger partial charge in [0.25, 0.3) is 0 Å². The number of nitrogens with zero attached hydrogens (tertiary/aromatic N) is 2. The summed E-state index contributed by atoms with van der Waals surface area (Å²) >= 11 is 0. The Morgan fingerprint density at radius 3 is 2.65 bits per heavy atom. The fourth-order valence-electron chi connectivity index (χ4n) is 4.06. The van der Waals surface area contributed by atoms with Crippen LogP contribution in [0.15, 0.2) is 30.3 Å². The standard InChI is InChI=1S/C21H28N2O3/c24-20-8-4-5-12-22(20)13-11-21(25)23-14-18(16-6-2-1-3-7-16)26-19(15-23)17-9-10-17/h1-3,6-7,17-19H,4-5,8-15H2/t18-,19+/m0/s1. The predicted octanol–water partition coefficient (Wildman–Crippen LogP) is 2.77. The lowest BCUT2D eigenvalue weighted by Crippen LogP contribution is -2.48. The molecule has 1 saturated carbocycles. The molecule has 140 valence electrons. The lowest BCUT2D eigenvalue weighted by atomic mass is 10.0. The number of ether oxygens (including phenoxy) is 1. The van der Waals surface area contributed by atoms with Gasteiger partial charge in [0.2, 0.25) is 11.8 Å². The molecule has 1 aliphatic carbocycles. The highest BCUT2D eigenvalue weighted by molar-refractivity contribution is 5.79. The molecule has 0 aromatic heterocycles. The summed E-state index contributed by atoms with van der Waals surface area (Å²) in [7, 11) is 0. The Balaban J connectivity index is 1.39. The molecule has 5 nitrogen and oxygen atoms in total. The van der Waals surface area contributed by atoms with E-state index in [0.717, 1.165) is 24.9 Å². The second kappa shape index (κ2) is 7.78. The van der Waals surface area contributed by atoms with Crippen LogP contribution in [-0.2, 0) is 14.3 Å². The van der Waals surface area contributed by atoms with E-state index in [0.29, 0.717) is 38.4 Å². The molecule has 0 bridgehead atoms. The zero-order chi connectivity index (χ0) is 17.9. The van der Waals surface area contributed by atoms with Crippen LogP contribution < -0.4 is 0 Å². The quantitative estimate of drug-likeness (QED) is 0.815. The van der Waals surface area contributed by atoms with Crippen molar-refractivity contribution < 1.29 is 14.3 Å². The van der Waals surface area contributed by atoms with E-state index in [1.54, 1.807) is 0 Å². The van der Waals surface area contributed by atoms with Crippen molar-refractivity contribution in [2.75, 3.05) is 26.2 Å². The highest BCUT2D eigenvalue weighted by Crippen LogP contribution is 2.39. The summed E-state index contributed by atoms with van der Waals surface area (Å²) in [4.78, 5) is 28.6. The number of carbonyl (C=O) groups is 2. The van der Waals surface area contributed by atoms with Crippen molar-refractivity contribution >= 4 is 11.8 Å². The average molecular weight is 356 g/mol. The predicted molar refractivity (Wildman–Crippen MR) is 98.4 cm³/mol. The van der Waals surface area contributed by atoms with Crippen molar-refractivity contribution in [3.05, 3.63) is 35.9 Å². The van der Waals surface area contributed by atoms with E-state index in [9.17, 15) is 9.59 Å². The van der Waals surface area contributed by atoms with Gasteiger partial charge in [0.05, 0.1) is 12.6 Å². The van der Waals surface area contributed by atoms with Crippen molar-refractivity contribution in [3.63, 3.8) is 0 Å². The third-order valence-corrected chi connectivity index (χ3v) is 5.81. The molecule has 1 aromatic carbocycles. The molecule has 2 amide bonds. The average Bonchev–Trinajstić information content (AvgIpc) is 3.53. The van der Waals surface area contributed by atoms with E-state index in [1.807, 2.05) is 28.0 Å². The monoisotopic (exact) mass is 356 g/mol. The van der Waals surface area contributed by atoms with Crippen LogP contribution >= 0.6 is 0 Å². The third kappa shape index (κ3) is 4.09. The third-order valence-electron chi connectivity index (χ3n) is 5.81. The molecule has 4 rings (SSSR count). The topological polar surface area (TPSA) is 49.9 Å². The SMILES string of the molecule is O=C1CCCCN1CCC(=O)N1C[C@@H](c2ccccc2)O[C@@H](C2CC2)C1. The van der Waals surface area contributed by atoms with Crippen LogP contribution in [0.3, 0.4) is 0 Å². The maximum absolute atomic E-state index is 12.8. The van der Waals surface area contributed by atoms with E-state index < -0.39 is 0 Å². The molecule has 2 aliphatic heterocycles. The Morgan fingerprint density at radius 2 is 1.92 bits per heavy atom. The minimum absolute atomic E-state index is 0.0453. The largest absolute Gasteiger partial charge is 0.366 e. The molecule has 0 unspecified atom stereocenters. The van der Waals surface area contributed by atoms with Gasteiger partial charge in [-0.1, -0.05) is 30.3 Å². The highest BCUT2D eigenvalue weighted by atomic mass is 16.5. The van der Waals surface area contributed by atoms with E-state index in [1.165, 1.54) is 12.8 Å². The van der Waals surface area contributed by atoms with Gasteiger partial charge in [0.15, 0.2) is 0 Å². The minimum Gasteiger partial charge on any atom is -0.366 e. The fourth-order valence-corrected chi connectivity index (χ4v) is 4.06. The minimum atomic E-state index is -0.0453. The van der Waals surface area contributed by atoms with Crippen LogP contribution in [0, 0.1) is 5.92 Å². The van der Waals surface area contributed by atoms with Gasteiger partial charge >= 0.3 is 0 Å². The Hall–Kier alpha value is -1.88. The highest BCUT2D eigenvalue weighted by Gasteiger charge is 2.40. The van der Waals surface area contributed by atoms with Crippen LogP contribution in [0.2, 0.25) is 0 Å². The van der Waals surface area contributed by atoms with Crippen molar-refractivity contribution in [1.82, 2.24) is 9.80 Å². The first-order chi connectivity index (χ1) is 12.7. The summed E-state index contributed by atoms with van der Waals surface area (Å²) in [6, 6.07) is 10.2. The first-order valence-corrected chi connectivity index (χ1v) is 9.96. The number of hydrogen-bond donors (Lipinski definition) is 0. The first kappa shape index (κ1) is 17.5. The number of rotatable bonds is 5. The van der Waals surface area contributed by atoms with Gasteiger partial charge in [0, 0.05) is 32.5 Å². The summed E-state index contributed by atoms with van der Waals surface area (Å²) in [6.07, 6.45) is 5.60. The number of amides is 2. The Morgan fingerprint density at radius 1 is 1.12 bits per heavy atom. The van der Waals surface area contributed by atoms with Crippen LogP contribution in [0.4, 0.5) is 0 Å². The van der Waals surface area contributed by atoms with E-state index in [-0.39, 0.29) is 24.0 Å². The van der Waals surface area contributed by atoms with Gasteiger partial charge in [-0.05, 0) is 37.2 Å². The number of likely N-dealkylation sites (tertiary alicyclic amines) is 1. The molecule has 2 atom stereocenters.